The molecule has 16 heavy (non-hydrogen) atoms. The van der Waals surface area contributed by atoms with Gasteiger partial charge in [-0.15, -0.1) is 0 Å². The van der Waals surface area contributed by atoms with E-state index in [0.717, 1.165) is 5.56 Å². The smallest absolute Gasteiger partial charge is 0.251 e. The number of rotatable bonds is 6. The Bertz CT molecular complexity index is 340. The van der Waals surface area contributed by atoms with Crippen molar-refractivity contribution in [2.24, 2.45) is 5.73 Å². The van der Waals surface area contributed by atoms with Crippen LogP contribution in [-0.2, 0) is 4.74 Å². The van der Waals surface area contributed by atoms with Gasteiger partial charge < -0.3 is 15.8 Å². The topological polar surface area (TPSA) is 64.3 Å². The van der Waals surface area contributed by atoms with E-state index in [-0.39, 0.29) is 5.91 Å². The molecular formula is C12H18N2O2. The van der Waals surface area contributed by atoms with E-state index in [2.05, 4.69) is 5.32 Å². The Hall–Kier alpha value is -1.39. The molecule has 0 fully saturated rings. The van der Waals surface area contributed by atoms with Gasteiger partial charge in [-0.05, 0) is 19.1 Å². The summed E-state index contributed by atoms with van der Waals surface area (Å²) in [6.45, 7) is 3.99. The molecule has 0 bridgehead atoms. The highest BCUT2D eigenvalue weighted by atomic mass is 16.5. The van der Waals surface area contributed by atoms with E-state index in [1.165, 1.54) is 0 Å². The molecule has 0 atom stereocenters. The van der Waals surface area contributed by atoms with Crippen LogP contribution in [0.4, 0.5) is 0 Å². The van der Waals surface area contributed by atoms with Crippen molar-refractivity contribution >= 4 is 5.91 Å². The van der Waals surface area contributed by atoms with E-state index >= 15 is 0 Å². The molecule has 88 valence electrons. The van der Waals surface area contributed by atoms with Crippen LogP contribution in [0.5, 0.6) is 0 Å². The number of hydrogen-bond acceptors (Lipinski definition) is 3. The molecule has 0 spiro atoms. The van der Waals surface area contributed by atoms with E-state index in [4.69, 9.17) is 10.5 Å². The van der Waals surface area contributed by atoms with Crippen LogP contribution in [0.25, 0.3) is 0 Å². The lowest BCUT2D eigenvalue weighted by atomic mass is 10.1. The molecule has 4 heteroatoms. The molecule has 1 rings (SSSR count). The maximum atomic E-state index is 11.6. The van der Waals surface area contributed by atoms with Gasteiger partial charge in [0.2, 0.25) is 0 Å². The SMILES string of the molecule is Cc1cccc(C(=O)NCCOCCN)c1. The van der Waals surface area contributed by atoms with Crippen molar-refractivity contribution in [3.8, 4) is 0 Å². The average Bonchev–Trinajstić information content (AvgIpc) is 2.28. The summed E-state index contributed by atoms with van der Waals surface area (Å²) >= 11 is 0. The third-order valence-corrected chi connectivity index (χ3v) is 2.07. The summed E-state index contributed by atoms with van der Waals surface area (Å²) in [5, 5.41) is 2.78. The van der Waals surface area contributed by atoms with Crippen molar-refractivity contribution in [3.63, 3.8) is 0 Å². The largest absolute Gasteiger partial charge is 0.378 e. The molecule has 0 aliphatic rings. The molecule has 0 unspecified atom stereocenters. The predicted octanol–water partition coefficient (Wildman–Crippen LogP) is 0.700. The van der Waals surface area contributed by atoms with E-state index in [9.17, 15) is 4.79 Å². The van der Waals surface area contributed by atoms with Crippen molar-refractivity contribution in [1.82, 2.24) is 5.32 Å². The maximum absolute atomic E-state index is 11.6. The summed E-state index contributed by atoms with van der Waals surface area (Å²) < 4.78 is 5.15. The van der Waals surface area contributed by atoms with E-state index < -0.39 is 0 Å². The van der Waals surface area contributed by atoms with Gasteiger partial charge in [0, 0.05) is 18.7 Å². The Kier molecular flexibility index (Phi) is 5.53. The Morgan fingerprint density at radius 1 is 1.44 bits per heavy atom. The van der Waals surface area contributed by atoms with Gasteiger partial charge in [0.1, 0.15) is 0 Å². The molecule has 0 aliphatic carbocycles. The van der Waals surface area contributed by atoms with Gasteiger partial charge in [0.05, 0.1) is 13.2 Å². The molecule has 0 heterocycles. The van der Waals surface area contributed by atoms with Crippen molar-refractivity contribution in [2.45, 2.75) is 6.92 Å². The first-order chi connectivity index (χ1) is 7.74. The van der Waals surface area contributed by atoms with Crippen LogP contribution >= 0.6 is 0 Å². The van der Waals surface area contributed by atoms with E-state index in [1.807, 2.05) is 25.1 Å². The van der Waals surface area contributed by atoms with Gasteiger partial charge in [-0.2, -0.15) is 0 Å². The monoisotopic (exact) mass is 222 g/mol. The number of ether oxygens (including phenoxy) is 1. The number of carbonyl (C=O) groups is 1. The number of amides is 1. The molecule has 1 aromatic rings. The van der Waals surface area contributed by atoms with E-state index in [0.29, 0.717) is 31.9 Å². The van der Waals surface area contributed by atoms with Crippen molar-refractivity contribution in [1.29, 1.82) is 0 Å². The summed E-state index contributed by atoms with van der Waals surface area (Å²) in [7, 11) is 0. The molecule has 1 amide bonds. The summed E-state index contributed by atoms with van der Waals surface area (Å²) in [6.07, 6.45) is 0. The summed E-state index contributed by atoms with van der Waals surface area (Å²) in [5.74, 6) is -0.0694. The Labute approximate surface area is 95.8 Å². The quantitative estimate of drug-likeness (QED) is 0.696. The van der Waals surface area contributed by atoms with Crippen LogP contribution in [-0.4, -0.2) is 32.2 Å². The molecule has 0 saturated carbocycles. The number of benzene rings is 1. The van der Waals surface area contributed by atoms with Crippen LogP contribution < -0.4 is 11.1 Å². The molecule has 3 N–H and O–H groups in total. The third-order valence-electron chi connectivity index (χ3n) is 2.07. The lowest BCUT2D eigenvalue weighted by Gasteiger charge is -2.06. The zero-order chi connectivity index (χ0) is 11.8. The van der Waals surface area contributed by atoms with E-state index in [1.54, 1.807) is 6.07 Å². The molecule has 0 aromatic heterocycles. The first-order valence-corrected chi connectivity index (χ1v) is 5.36. The highest BCUT2D eigenvalue weighted by Gasteiger charge is 2.03. The second-order valence-electron chi connectivity index (χ2n) is 3.53. The Morgan fingerprint density at radius 3 is 2.94 bits per heavy atom. The van der Waals surface area contributed by atoms with Crippen LogP contribution in [0, 0.1) is 6.92 Å². The number of aryl methyl sites for hydroxylation is 1. The normalized spacial score (nSPS) is 10.1. The third kappa shape index (κ3) is 4.42. The first-order valence-electron chi connectivity index (χ1n) is 5.36. The fourth-order valence-electron chi connectivity index (χ4n) is 1.31. The van der Waals surface area contributed by atoms with Gasteiger partial charge in [-0.25, -0.2) is 0 Å². The second kappa shape index (κ2) is 6.98. The van der Waals surface area contributed by atoms with Crippen LogP contribution in [0.3, 0.4) is 0 Å². The molecular weight excluding hydrogens is 204 g/mol. The van der Waals surface area contributed by atoms with Gasteiger partial charge in [0.15, 0.2) is 0 Å². The van der Waals surface area contributed by atoms with Crippen LogP contribution in [0.1, 0.15) is 15.9 Å². The molecule has 0 radical (unpaired) electrons. The Morgan fingerprint density at radius 2 is 2.25 bits per heavy atom. The van der Waals surface area contributed by atoms with Crippen molar-refractivity contribution in [3.05, 3.63) is 35.4 Å². The minimum Gasteiger partial charge on any atom is -0.378 e. The predicted molar refractivity (Wildman–Crippen MR) is 63.4 cm³/mol. The average molecular weight is 222 g/mol. The minimum absolute atomic E-state index is 0.0694. The Balaban J connectivity index is 2.30. The highest BCUT2D eigenvalue weighted by Crippen LogP contribution is 2.03. The lowest BCUT2D eigenvalue weighted by Crippen LogP contribution is -2.27. The second-order valence-corrected chi connectivity index (χ2v) is 3.53. The van der Waals surface area contributed by atoms with Crippen LogP contribution in [0.15, 0.2) is 24.3 Å². The number of hydrogen-bond donors (Lipinski definition) is 2. The summed E-state index contributed by atoms with van der Waals surface area (Å²) in [5.41, 5.74) is 7.02. The van der Waals surface area contributed by atoms with Gasteiger partial charge >= 0.3 is 0 Å². The zero-order valence-corrected chi connectivity index (χ0v) is 9.53. The van der Waals surface area contributed by atoms with Gasteiger partial charge in [-0.3, -0.25) is 4.79 Å². The van der Waals surface area contributed by atoms with Gasteiger partial charge in [0.25, 0.3) is 5.91 Å². The minimum atomic E-state index is -0.0694. The number of nitrogens with two attached hydrogens (primary N) is 1. The number of carbonyl (C=O) groups excluding carboxylic acids is 1. The fraction of sp³-hybridized carbons (Fsp3) is 0.417. The molecule has 0 saturated heterocycles. The van der Waals surface area contributed by atoms with Crippen molar-refractivity contribution in [2.75, 3.05) is 26.3 Å². The summed E-state index contributed by atoms with van der Waals surface area (Å²) in [4.78, 5) is 11.6. The molecule has 1 aromatic carbocycles. The molecule has 0 aliphatic heterocycles. The highest BCUT2D eigenvalue weighted by molar-refractivity contribution is 5.94. The standard InChI is InChI=1S/C12H18N2O2/c1-10-3-2-4-11(9-10)12(15)14-6-8-16-7-5-13/h2-4,9H,5-8,13H2,1H3,(H,14,15). The van der Waals surface area contributed by atoms with Crippen molar-refractivity contribution < 1.29 is 9.53 Å². The number of nitrogens with one attached hydrogen (secondary N) is 1. The first kappa shape index (κ1) is 12.7. The van der Waals surface area contributed by atoms with Gasteiger partial charge in [-0.1, -0.05) is 17.7 Å². The lowest BCUT2D eigenvalue weighted by molar-refractivity contribution is 0.0920. The maximum Gasteiger partial charge on any atom is 0.251 e. The molecule has 4 nitrogen and oxygen atoms in total. The summed E-state index contributed by atoms with van der Waals surface area (Å²) in [6, 6.07) is 7.48. The zero-order valence-electron chi connectivity index (χ0n) is 9.53. The van der Waals surface area contributed by atoms with Crippen LogP contribution in [0.2, 0.25) is 0 Å². The fourth-order valence-corrected chi connectivity index (χ4v) is 1.31.